The number of nitrogens with one attached hydrogen (secondary N) is 1. The number of piperidine rings is 1. The standard InChI is InChI=1S/C24H31ClN2O4/c1-3-12-31-23-21(25)13-19(14-22(23)30-2)24(29)26-15-17-4-6-18(7-5-17)16-27-10-8-20(28)9-11-27/h4-7,13-14,20,28H,3,8-12,15-16H2,1-2H3,(H,26,29). The fourth-order valence-electron chi connectivity index (χ4n) is 3.58. The maximum atomic E-state index is 12.6. The van der Waals surface area contributed by atoms with Crippen LogP contribution < -0.4 is 14.8 Å². The molecule has 0 aliphatic carbocycles. The molecule has 0 unspecified atom stereocenters. The summed E-state index contributed by atoms with van der Waals surface area (Å²) in [7, 11) is 1.53. The highest BCUT2D eigenvalue weighted by Crippen LogP contribution is 2.36. The number of likely N-dealkylation sites (tertiary alicyclic amines) is 1. The fourth-order valence-corrected chi connectivity index (χ4v) is 3.84. The number of aliphatic hydroxyl groups is 1. The topological polar surface area (TPSA) is 71.0 Å². The fraction of sp³-hybridized carbons (Fsp3) is 0.458. The monoisotopic (exact) mass is 446 g/mol. The van der Waals surface area contributed by atoms with Gasteiger partial charge in [0.2, 0.25) is 0 Å². The van der Waals surface area contributed by atoms with Crippen LogP contribution in [0, 0.1) is 0 Å². The minimum absolute atomic E-state index is 0.155. The van der Waals surface area contributed by atoms with Gasteiger partial charge in [0.15, 0.2) is 11.5 Å². The van der Waals surface area contributed by atoms with Gasteiger partial charge >= 0.3 is 0 Å². The smallest absolute Gasteiger partial charge is 0.251 e. The molecule has 1 heterocycles. The maximum Gasteiger partial charge on any atom is 0.251 e. The number of amides is 1. The number of benzene rings is 2. The van der Waals surface area contributed by atoms with Crippen LogP contribution in [0.25, 0.3) is 0 Å². The van der Waals surface area contributed by atoms with Crippen LogP contribution in [0.5, 0.6) is 11.5 Å². The van der Waals surface area contributed by atoms with E-state index in [1.165, 1.54) is 12.7 Å². The third-order valence-corrected chi connectivity index (χ3v) is 5.66. The summed E-state index contributed by atoms with van der Waals surface area (Å²) in [6.07, 6.45) is 2.37. The number of hydrogen-bond acceptors (Lipinski definition) is 5. The number of nitrogens with zero attached hydrogens (tertiary/aromatic N) is 1. The lowest BCUT2D eigenvalue weighted by molar-refractivity contribution is 0.0792. The minimum atomic E-state index is -0.224. The van der Waals surface area contributed by atoms with Crippen molar-refractivity contribution in [2.45, 2.75) is 45.4 Å². The number of aliphatic hydroxyl groups excluding tert-OH is 1. The lowest BCUT2D eigenvalue weighted by Crippen LogP contribution is -2.35. The molecule has 1 saturated heterocycles. The van der Waals surface area contributed by atoms with Crippen LogP contribution in [0.2, 0.25) is 5.02 Å². The van der Waals surface area contributed by atoms with E-state index in [-0.39, 0.29) is 12.0 Å². The Bertz CT molecular complexity index is 865. The number of methoxy groups -OCH3 is 1. The van der Waals surface area contributed by atoms with Gasteiger partial charge in [-0.2, -0.15) is 0 Å². The van der Waals surface area contributed by atoms with Crippen LogP contribution in [-0.4, -0.2) is 48.8 Å². The van der Waals surface area contributed by atoms with Crippen molar-refractivity contribution in [1.29, 1.82) is 0 Å². The molecule has 2 aromatic carbocycles. The quantitative estimate of drug-likeness (QED) is 0.608. The molecule has 6 nitrogen and oxygen atoms in total. The van der Waals surface area contributed by atoms with Crippen molar-refractivity contribution < 1.29 is 19.4 Å². The number of carbonyl (C=O) groups is 1. The lowest BCUT2D eigenvalue weighted by Gasteiger charge is -2.29. The van der Waals surface area contributed by atoms with E-state index in [0.717, 1.165) is 44.5 Å². The SMILES string of the molecule is CCCOc1c(Cl)cc(C(=O)NCc2ccc(CN3CCC(O)CC3)cc2)cc1OC. The zero-order valence-electron chi connectivity index (χ0n) is 18.2. The van der Waals surface area contributed by atoms with Gasteiger partial charge in [0.05, 0.1) is 24.8 Å². The average Bonchev–Trinajstić information content (AvgIpc) is 2.78. The second-order valence-electron chi connectivity index (χ2n) is 7.84. The van der Waals surface area contributed by atoms with E-state index >= 15 is 0 Å². The first-order valence-electron chi connectivity index (χ1n) is 10.8. The summed E-state index contributed by atoms with van der Waals surface area (Å²) in [5.74, 6) is 0.681. The molecule has 0 atom stereocenters. The Morgan fingerprint density at radius 1 is 1.19 bits per heavy atom. The van der Waals surface area contributed by atoms with Gasteiger partial charge in [-0.25, -0.2) is 0 Å². The molecular formula is C24H31ClN2O4. The summed E-state index contributed by atoms with van der Waals surface area (Å²) in [4.78, 5) is 15.0. The molecule has 31 heavy (non-hydrogen) atoms. The Morgan fingerprint density at radius 3 is 2.52 bits per heavy atom. The Morgan fingerprint density at radius 2 is 1.87 bits per heavy atom. The predicted octanol–water partition coefficient (Wildman–Crippen LogP) is 4.02. The summed E-state index contributed by atoms with van der Waals surface area (Å²) in [6, 6.07) is 11.5. The summed E-state index contributed by atoms with van der Waals surface area (Å²) in [6.45, 7) is 5.68. The summed E-state index contributed by atoms with van der Waals surface area (Å²) >= 11 is 6.31. The van der Waals surface area contributed by atoms with Crippen molar-refractivity contribution in [3.05, 3.63) is 58.1 Å². The van der Waals surface area contributed by atoms with Gasteiger partial charge in [0, 0.05) is 31.7 Å². The van der Waals surface area contributed by atoms with E-state index in [4.69, 9.17) is 21.1 Å². The summed E-state index contributed by atoms with van der Waals surface area (Å²) in [5.41, 5.74) is 2.67. The van der Waals surface area contributed by atoms with E-state index < -0.39 is 0 Å². The van der Waals surface area contributed by atoms with Gasteiger partial charge in [-0.3, -0.25) is 9.69 Å². The molecule has 168 valence electrons. The van der Waals surface area contributed by atoms with E-state index in [1.54, 1.807) is 12.1 Å². The highest BCUT2D eigenvalue weighted by atomic mass is 35.5. The second kappa shape index (κ2) is 11.4. The number of ether oxygens (including phenoxy) is 2. The van der Waals surface area contributed by atoms with Crippen molar-refractivity contribution >= 4 is 17.5 Å². The van der Waals surface area contributed by atoms with E-state index in [9.17, 15) is 9.90 Å². The second-order valence-corrected chi connectivity index (χ2v) is 8.25. The normalized spacial score (nSPS) is 15.0. The van der Waals surface area contributed by atoms with Crippen molar-refractivity contribution in [2.75, 3.05) is 26.8 Å². The van der Waals surface area contributed by atoms with Gasteiger partial charge in [-0.05, 0) is 42.5 Å². The zero-order chi connectivity index (χ0) is 22.2. The van der Waals surface area contributed by atoms with Crippen molar-refractivity contribution in [3.63, 3.8) is 0 Å². The van der Waals surface area contributed by atoms with Crippen LogP contribution in [0.15, 0.2) is 36.4 Å². The number of halogens is 1. The minimum Gasteiger partial charge on any atom is -0.493 e. The molecule has 0 radical (unpaired) electrons. The van der Waals surface area contributed by atoms with E-state index in [2.05, 4.69) is 22.3 Å². The van der Waals surface area contributed by atoms with Crippen molar-refractivity contribution in [3.8, 4) is 11.5 Å². The van der Waals surface area contributed by atoms with Crippen LogP contribution in [0.3, 0.4) is 0 Å². The van der Waals surface area contributed by atoms with Gasteiger partial charge in [-0.15, -0.1) is 0 Å². The average molecular weight is 447 g/mol. The number of hydrogen-bond donors (Lipinski definition) is 2. The molecule has 3 rings (SSSR count). The Kier molecular flexibility index (Phi) is 8.58. The van der Waals surface area contributed by atoms with Crippen molar-refractivity contribution in [1.82, 2.24) is 10.2 Å². The van der Waals surface area contributed by atoms with Crippen LogP contribution in [0.1, 0.15) is 47.7 Å². The van der Waals surface area contributed by atoms with Gasteiger partial charge in [0.25, 0.3) is 5.91 Å². The van der Waals surface area contributed by atoms with Crippen molar-refractivity contribution in [2.24, 2.45) is 0 Å². The molecule has 1 amide bonds. The molecule has 0 aromatic heterocycles. The van der Waals surface area contributed by atoms with Gasteiger partial charge in [-0.1, -0.05) is 42.8 Å². The van der Waals surface area contributed by atoms with Crippen LogP contribution >= 0.6 is 11.6 Å². The molecule has 1 aliphatic rings. The van der Waals surface area contributed by atoms with Gasteiger partial charge < -0.3 is 19.9 Å². The highest BCUT2D eigenvalue weighted by Gasteiger charge is 2.17. The Balaban J connectivity index is 1.56. The first-order valence-corrected chi connectivity index (χ1v) is 11.1. The molecule has 2 N–H and O–H groups in total. The largest absolute Gasteiger partial charge is 0.493 e. The number of carbonyl (C=O) groups excluding carboxylic acids is 1. The van der Waals surface area contributed by atoms with Gasteiger partial charge in [0.1, 0.15) is 0 Å². The molecule has 0 bridgehead atoms. The highest BCUT2D eigenvalue weighted by molar-refractivity contribution is 6.32. The van der Waals surface area contributed by atoms with E-state index in [1.807, 2.05) is 19.1 Å². The third-order valence-electron chi connectivity index (χ3n) is 5.38. The molecule has 2 aromatic rings. The third kappa shape index (κ3) is 6.60. The molecule has 0 saturated carbocycles. The molecule has 0 spiro atoms. The molecule has 7 heteroatoms. The summed E-state index contributed by atoms with van der Waals surface area (Å²) in [5, 5.41) is 12.9. The maximum absolute atomic E-state index is 12.6. The molecule has 1 aliphatic heterocycles. The lowest BCUT2D eigenvalue weighted by atomic mass is 10.1. The Hall–Kier alpha value is -2.28. The zero-order valence-corrected chi connectivity index (χ0v) is 19.0. The van der Waals surface area contributed by atoms with Crippen LogP contribution in [0.4, 0.5) is 0 Å². The molecule has 1 fully saturated rings. The molecular weight excluding hydrogens is 416 g/mol. The van der Waals surface area contributed by atoms with E-state index in [0.29, 0.717) is 35.2 Å². The predicted molar refractivity (Wildman–Crippen MR) is 122 cm³/mol. The summed E-state index contributed by atoms with van der Waals surface area (Å²) < 4.78 is 11.0. The Labute approximate surface area is 189 Å². The first-order chi connectivity index (χ1) is 15.0. The van der Waals surface area contributed by atoms with Crippen LogP contribution in [-0.2, 0) is 13.1 Å². The first kappa shape index (κ1) is 23.4. The number of rotatable bonds is 9.